The van der Waals surface area contributed by atoms with E-state index in [0.717, 1.165) is 64.2 Å². The molecular formula is C40H74NO8P. The summed E-state index contributed by atoms with van der Waals surface area (Å²) in [6.45, 7) is 3.40. The summed E-state index contributed by atoms with van der Waals surface area (Å²) >= 11 is 0. The second-order valence-corrected chi connectivity index (χ2v) is 14.7. The highest BCUT2D eigenvalue weighted by molar-refractivity contribution is 7.47. The molecule has 0 aliphatic carbocycles. The number of phosphoric acid groups is 1. The highest BCUT2D eigenvalue weighted by Gasteiger charge is 2.23. The minimum Gasteiger partial charge on any atom is -0.463 e. The number of carbonyl (C=O) groups is 2. The molecule has 0 fully saturated rings. The predicted molar refractivity (Wildman–Crippen MR) is 206 cm³/mol. The van der Waals surface area contributed by atoms with E-state index in [2.05, 4.69) is 55.6 Å². The van der Waals surface area contributed by atoms with Crippen LogP contribution in [0.5, 0.6) is 0 Å². The van der Waals surface area contributed by atoms with E-state index in [1.165, 1.54) is 83.5 Å². The Labute approximate surface area is 305 Å². The number of ether oxygens (including phenoxy) is 1. The molecule has 50 heavy (non-hydrogen) atoms. The fourth-order valence-corrected chi connectivity index (χ4v) is 6.09. The number of rotatable bonds is 37. The van der Waals surface area contributed by atoms with Gasteiger partial charge in [-0.1, -0.05) is 153 Å². The van der Waals surface area contributed by atoms with Gasteiger partial charge >= 0.3 is 13.8 Å². The highest BCUT2D eigenvalue weighted by Crippen LogP contribution is 2.42. The van der Waals surface area contributed by atoms with Crippen LogP contribution in [0.3, 0.4) is 0 Å². The number of unbranched alkanes of at least 4 members (excludes halogenated alkanes) is 18. The molecule has 0 heterocycles. The van der Waals surface area contributed by atoms with Crippen LogP contribution in [0.4, 0.5) is 0 Å². The van der Waals surface area contributed by atoms with E-state index in [9.17, 15) is 24.2 Å². The van der Waals surface area contributed by atoms with Crippen molar-refractivity contribution in [1.29, 1.82) is 0 Å². The molecular weight excluding hydrogens is 653 g/mol. The zero-order valence-electron chi connectivity index (χ0n) is 31.8. The molecule has 2 atom stereocenters. The predicted octanol–water partition coefficient (Wildman–Crippen LogP) is 10.6. The summed E-state index contributed by atoms with van der Waals surface area (Å²) in [5, 5.41) is 12.6. The minimum absolute atomic E-state index is 0.0662. The summed E-state index contributed by atoms with van der Waals surface area (Å²) in [5.41, 5.74) is 0. The van der Waals surface area contributed by atoms with E-state index in [1.54, 1.807) is 0 Å². The molecule has 292 valence electrons. The largest absolute Gasteiger partial charge is 0.472 e. The molecule has 0 spiro atoms. The number of aliphatic hydroxyl groups is 1. The Kier molecular flexibility index (Phi) is 35.7. The summed E-state index contributed by atoms with van der Waals surface area (Å²) in [6.07, 6.45) is 39.3. The molecule has 3 N–H and O–H groups in total. The first-order valence-electron chi connectivity index (χ1n) is 20.0. The first-order valence-corrected chi connectivity index (χ1v) is 21.5. The summed E-state index contributed by atoms with van der Waals surface area (Å²) in [6, 6.07) is 0. The van der Waals surface area contributed by atoms with Crippen LogP contribution in [0.15, 0.2) is 36.5 Å². The zero-order valence-corrected chi connectivity index (χ0v) is 32.7. The van der Waals surface area contributed by atoms with Gasteiger partial charge in [-0.05, 0) is 44.9 Å². The van der Waals surface area contributed by atoms with Gasteiger partial charge in [0, 0.05) is 19.4 Å². The van der Waals surface area contributed by atoms with Crippen LogP contribution in [0.2, 0.25) is 0 Å². The maximum Gasteiger partial charge on any atom is 0.472 e. The summed E-state index contributed by atoms with van der Waals surface area (Å²) < 4.78 is 26.8. The number of esters is 1. The Bertz CT molecular complexity index is 923. The molecule has 2 unspecified atom stereocenters. The van der Waals surface area contributed by atoms with E-state index in [4.69, 9.17) is 13.8 Å². The average Bonchev–Trinajstić information content (AvgIpc) is 3.10. The third-order valence-corrected chi connectivity index (χ3v) is 9.32. The number of aliphatic hydroxyl groups excluding tert-OH is 1. The van der Waals surface area contributed by atoms with Crippen molar-refractivity contribution >= 4 is 19.7 Å². The Hall–Kier alpha value is -1.77. The van der Waals surface area contributed by atoms with Crippen molar-refractivity contribution < 1.29 is 37.9 Å². The van der Waals surface area contributed by atoms with E-state index in [1.807, 2.05) is 0 Å². The van der Waals surface area contributed by atoms with Crippen molar-refractivity contribution in [2.75, 3.05) is 26.4 Å². The van der Waals surface area contributed by atoms with E-state index < -0.39 is 26.5 Å². The van der Waals surface area contributed by atoms with Gasteiger partial charge in [-0.15, -0.1) is 0 Å². The van der Waals surface area contributed by atoms with Gasteiger partial charge in [-0.2, -0.15) is 0 Å². The van der Waals surface area contributed by atoms with Gasteiger partial charge in [0.15, 0.2) is 0 Å². The molecule has 0 aromatic heterocycles. The zero-order chi connectivity index (χ0) is 36.8. The van der Waals surface area contributed by atoms with Crippen LogP contribution < -0.4 is 5.32 Å². The molecule has 0 saturated carbocycles. The van der Waals surface area contributed by atoms with Crippen molar-refractivity contribution in [3.63, 3.8) is 0 Å². The van der Waals surface area contributed by atoms with Crippen LogP contribution in [-0.2, 0) is 27.9 Å². The Morgan fingerprint density at radius 1 is 0.640 bits per heavy atom. The fraction of sp³-hybridized carbons (Fsp3) is 0.800. The Morgan fingerprint density at radius 3 is 1.72 bits per heavy atom. The topological polar surface area (TPSA) is 131 Å². The van der Waals surface area contributed by atoms with Crippen molar-refractivity contribution in [3.05, 3.63) is 36.5 Å². The van der Waals surface area contributed by atoms with Crippen LogP contribution in [0, 0.1) is 0 Å². The molecule has 0 aromatic carbocycles. The third kappa shape index (κ3) is 37.5. The SMILES string of the molecule is CC/C=C\C/C=C\C/C=C\CCCCCC(=O)NCCOP(=O)(O)OCC(O)COC(=O)CCCCCCCCCCCCCCCCCC. The summed E-state index contributed by atoms with van der Waals surface area (Å²) in [5.74, 6) is -0.544. The number of carbonyl (C=O) groups excluding carboxylic acids is 2. The lowest BCUT2D eigenvalue weighted by molar-refractivity contribution is -0.147. The lowest BCUT2D eigenvalue weighted by atomic mass is 10.0. The molecule has 0 rings (SSSR count). The van der Waals surface area contributed by atoms with Gasteiger partial charge in [0.2, 0.25) is 5.91 Å². The number of hydrogen-bond acceptors (Lipinski definition) is 7. The second kappa shape index (κ2) is 37.0. The van der Waals surface area contributed by atoms with Gasteiger partial charge in [0.05, 0.1) is 13.2 Å². The quantitative estimate of drug-likeness (QED) is 0.0249. The first kappa shape index (κ1) is 48.2. The van der Waals surface area contributed by atoms with Crippen molar-refractivity contribution in [2.45, 2.75) is 180 Å². The van der Waals surface area contributed by atoms with E-state index in [0.29, 0.717) is 6.42 Å². The molecule has 0 aliphatic rings. The van der Waals surface area contributed by atoms with Gasteiger partial charge in [0.25, 0.3) is 0 Å². The minimum atomic E-state index is -4.42. The molecule has 0 aromatic rings. The smallest absolute Gasteiger partial charge is 0.463 e. The van der Waals surface area contributed by atoms with Gasteiger partial charge < -0.3 is 20.1 Å². The van der Waals surface area contributed by atoms with E-state index in [-0.39, 0.29) is 32.1 Å². The van der Waals surface area contributed by atoms with Crippen LogP contribution in [-0.4, -0.2) is 54.3 Å². The molecule has 9 nitrogen and oxygen atoms in total. The fourth-order valence-electron chi connectivity index (χ4n) is 5.34. The Morgan fingerprint density at radius 2 is 1.14 bits per heavy atom. The monoisotopic (exact) mass is 728 g/mol. The van der Waals surface area contributed by atoms with Crippen LogP contribution in [0.25, 0.3) is 0 Å². The summed E-state index contributed by atoms with van der Waals surface area (Å²) in [4.78, 5) is 33.8. The number of allylic oxidation sites excluding steroid dienone is 6. The van der Waals surface area contributed by atoms with E-state index >= 15 is 0 Å². The number of hydrogen-bond donors (Lipinski definition) is 3. The number of phosphoric ester groups is 1. The average molecular weight is 728 g/mol. The molecule has 1 amide bonds. The molecule has 0 bridgehead atoms. The lowest BCUT2D eigenvalue weighted by Crippen LogP contribution is -2.27. The molecule has 0 saturated heterocycles. The molecule has 0 aliphatic heterocycles. The van der Waals surface area contributed by atoms with Crippen molar-refractivity contribution in [3.8, 4) is 0 Å². The van der Waals surface area contributed by atoms with Gasteiger partial charge in [-0.25, -0.2) is 4.57 Å². The molecule has 10 heteroatoms. The normalized spacial score (nSPS) is 13.8. The maximum absolute atomic E-state index is 12.1. The summed E-state index contributed by atoms with van der Waals surface area (Å²) in [7, 11) is -4.42. The van der Waals surface area contributed by atoms with Gasteiger partial charge in [0.1, 0.15) is 12.7 Å². The molecule has 0 radical (unpaired) electrons. The van der Waals surface area contributed by atoms with Crippen molar-refractivity contribution in [2.24, 2.45) is 0 Å². The highest BCUT2D eigenvalue weighted by atomic mass is 31.2. The van der Waals surface area contributed by atoms with Gasteiger partial charge in [-0.3, -0.25) is 18.6 Å². The maximum atomic E-state index is 12.1. The standard InChI is InChI=1S/C40H74NO8P/c1-3-5-7-9-11-13-15-17-18-19-21-23-25-27-29-31-33-40(44)47-36-38(42)37-49-50(45,46)48-35-34-41-39(43)32-30-28-26-24-22-20-16-14-12-10-8-6-4-2/h6,8,12,14,20,22,38,42H,3-5,7,9-11,13,15-19,21,23-37H2,1-2H3,(H,41,43)(H,45,46)/b8-6-,14-12-,22-20-. The third-order valence-electron chi connectivity index (χ3n) is 8.33. The first-order chi connectivity index (χ1) is 24.3. The lowest BCUT2D eigenvalue weighted by Gasteiger charge is -2.15. The van der Waals surface area contributed by atoms with Crippen LogP contribution >= 0.6 is 7.82 Å². The number of amides is 1. The van der Waals surface area contributed by atoms with Crippen molar-refractivity contribution in [1.82, 2.24) is 5.32 Å². The Balaban J connectivity index is 3.63. The van der Waals surface area contributed by atoms with Crippen LogP contribution in [0.1, 0.15) is 174 Å². The number of nitrogens with one attached hydrogen (secondary N) is 1. The second-order valence-electron chi connectivity index (χ2n) is 13.2.